The molecule has 0 aliphatic heterocycles. The van der Waals surface area contributed by atoms with E-state index in [9.17, 15) is 5.11 Å². The van der Waals surface area contributed by atoms with Crippen LogP contribution in [-0.2, 0) is 0 Å². The standard InChI is InChI=1S/C12H19N3O2/c1-17-11-7-10(14-9-15-11)13-8-12(16)5-3-2-4-6-12/h7,9,16H,2-6,8H2,1H3,(H,13,14,15). The number of aliphatic hydroxyl groups is 1. The first-order valence-electron chi connectivity index (χ1n) is 6.04. The third-order valence-electron chi connectivity index (χ3n) is 3.23. The maximum Gasteiger partial charge on any atom is 0.218 e. The zero-order chi connectivity index (χ0) is 12.1. The summed E-state index contributed by atoms with van der Waals surface area (Å²) in [5.41, 5.74) is -0.587. The van der Waals surface area contributed by atoms with E-state index in [2.05, 4.69) is 15.3 Å². The van der Waals surface area contributed by atoms with Crippen LogP contribution in [0.5, 0.6) is 5.88 Å². The second-order valence-electron chi connectivity index (χ2n) is 4.58. The zero-order valence-corrected chi connectivity index (χ0v) is 10.1. The van der Waals surface area contributed by atoms with Gasteiger partial charge in [0, 0.05) is 12.6 Å². The quantitative estimate of drug-likeness (QED) is 0.832. The number of methoxy groups -OCH3 is 1. The Hall–Kier alpha value is -1.36. The maximum atomic E-state index is 10.3. The average Bonchev–Trinajstić information content (AvgIpc) is 2.38. The lowest BCUT2D eigenvalue weighted by Crippen LogP contribution is -2.38. The van der Waals surface area contributed by atoms with Gasteiger partial charge in [0.25, 0.3) is 0 Å². The summed E-state index contributed by atoms with van der Waals surface area (Å²) in [4.78, 5) is 8.02. The van der Waals surface area contributed by atoms with E-state index in [0.717, 1.165) is 25.7 Å². The molecule has 1 fully saturated rings. The summed E-state index contributed by atoms with van der Waals surface area (Å²) < 4.78 is 5.02. The highest BCUT2D eigenvalue weighted by Gasteiger charge is 2.28. The predicted molar refractivity (Wildman–Crippen MR) is 65.1 cm³/mol. The van der Waals surface area contributed by atoms with Crippen molar-refractivity contribution in [3.8, 4) is 5.88 Å². The van der Waals surface area contributed by atoms with Crippen molar-refractivity contribution < 1.29 is 9.84 Å². The highest BCUT2D eigenvalue weighted by atomic mass is 16.5. The van der Waals surface area contributed by atoms with Crippen LogP contribution < -0.4 is 10.1 Å². The fourth-order valence-corrected chi connectivity index (χ4v) is 2.19. The Bertz CT molecular complexity index is 365. The van der Waals surface area contributed by atoms with Gasteiger partial charge < -0.3 is 15.2 Å². The number of hydrogen-bond donors (Lipinski definition) is 2. The molecule has 5 heteroatoms. The third kappa shape index (κ3) is 3.30. The molecule has 0 spiro atoms. The molecule has 1 aliphatic rings. The summed E-state index contributed by atoms with van der Waals surface area (Å²) in [6, 6.07) is 1.73. The van der Waals surface area contributed by atoms with Crippen molar-refractivity contribution in [3.63, 3.8) is 0 Å². The van der Waals surface area contributed by atoms with E-state index in [1.165, 1.54) is 12.7 Å². The molecule has 0 atom stereocenters. The number of nitrogens with one attached hydrogen (secondary N) is 1. The van der Waals surface area contributed by atoms with Crippen LogP contribution in [0.15, 0.2) is 12.4 Å². The number of rotatable bonds is 4. The lowest BCUT2D eigenvalue weighted by atomic mass is 9.85. The Labute approximate surface area is 101 Å². The Kier molecular flexibility index (Phi) is 3.78. The first kappa shape index (κ1) is 12.1. The molecule has 1 heterocycles. The van der Waals surface area contributed by atoms with Gasteiger partial charge in [0.05, 0.1) is 12.7 Å². The summed E-state index contributed by atoms with van der Waals surface area (Å²) in [7, 11) is 1.57. The molecule has 2 rings (SSSR count). The van der Waals surface area contributed by atoms with Crippen LogP contribution in [0, 0.1) is 0 Å². The summed E-state index contributed by atoms with van der Waals surface area (Å²) in [6.45, 7) is 0.535. The van der Waals surface area contributed by atoms with Gasteiger partial charge in [-0.25, -0.2) is 9.97 Å². The number of aromatic nitrogens is 2. The Morgan fingerprint density at radius 1 is 1.35 bits per heavy atom. The van der Waals surface area contributed by atoms with Crippen molar-refractivity contribution >= 4 is 5.82 Å². The maximum absolute atomic E-state index is 10.3. The topological polar surface area (TPSA) is 67.3 Å². The van der Waals surface area contributed by atoms with Crippen molar-refractivity contribution in [3.05, 3.63) is 12.4 Å². The third-order valence-corrected chi connectivity index (χ3v) is 3.23. The van der Waals surface area contributed by atoms with Gasteiger partial charge in [-0.2, -0.15) is 0 Å². The van der Waals surface area contributed by atoms with Crippen molar-refractivity contribution in [1.29, 1.82) is 0 Å². The Balaban J connectivity index is 1.92. The van der Waals surface area contributed by atoms with Gasteiger partial charge in [0.1, 0.15) is 12.1 Å². The smallest absolute Gasteiger partial charge is 0.218 e. The van der Waals surface area contributed by atoms with Gasteiger partial charge in [0.2, 0.25) is 5.88 Å². The first-order valence-corrected chi connectivity index (χ1v) is 6.04. The van der Waals surface area contributed by atoms with Gasteiger partial charge in [-0.1, -0.05) is 19.3 Å². The Morgan fingerprint density at radius 2 is 2.12 bits per heavy atom. The summed E-state index contributed by atoms with van der Waals surface area (Å²) in [5.74, 6) is 1.22. The minimum absolute atomic E-state index is 0.526. The predicted octanol–water partition coefficient (Wildman–Crippen LogP) is 1.59. The van der Waals surface area contributed by atoms with Gasteiger partial charge in [0.15, 0.2) is 0 Å². The highest BCUT2D eigenvalue weighted by molar-refractivity contribution is 5.37. The van der Waals surface area contributed by atoms with E-state index >= 15 is 0 Å². The normalized spacial score (nSPS) is 18.7. The van der Waals surface area contributed by atoms with Gasteiger partial charge in [-0.3, -0.25) is 0 Å². The molecule has 94 valence electrons. The van der Waals surface area contributed by atoms with Crippen molar-refractivity contribution in [2.45, 2.75) is 37.7 Å². The van der Waals surface area contributed by atoms with Gasteiger partial charge in [-0.15, -0.1) is 0 Å². The fraction of sp³-hybridized carbons (Fsp3) is 0.667. The monoisotopic (exact) mass is 237 g/mol. The molecule has 0 aromatic carbocycles. The Morgan fingerprint density at radius 3 is 2.82 bits per heavy atom. The molecule has 0 saturated heterocycles. The summed E-state index contributed by atoms with van der Waals surface area (Å²) >= 11 is 0. The van der Waals surface area contributed by atoms with E-state index in [1.54, 1.807) is 13.2 Å². The number of hydrogen-bond acceptors (Lipinski definition) is 5. The van der Waals surface area contributed by atoms with Crippen LogP contribution in [0.4, 0.5) is 5.82 Å². The SMILES string of the molecule is COc1cc(NCC2(O)CCCCC2)ncn1. The van der Waals surface area contributed by atoms with Crippen LogP contribution in [-0.4, -0.2) is 34.3 Å². The first-order chi connectivity index (χ1) is 8.22. The molecule has 0 radical (unpaired) electrons. The van der Waals surface area contributed by atoms with Crippen molar-refractivity contribution in [1.82, 2.24) is 9.97 Å². The van der Waals surface area contributed by atoms with Gasteiger partial charge >= 0.3 is 0 Å². The molecule has 0 amide bonds. The van der Waals surface area contributed by atoms with Crippen LogP contribution >= 0.6 is 0 Å². The second-order valence-corrected chi connectivity index (χ2v) is 4.58. The summed E-state index contributed by atoms with van der Waals surface area (Å²) in [6.07, 6.45) is 6.61. The minimum atomic E-state index is -0.587. The second kappa shape index (κ2) is 5.31. The van der Waals surface area contributed by atoms with Gasteiger partial charge in [-0.05, 0) is 12.8 Å². The van der Waals surface area contributed by atoms with E-state index in [0.29, 0.717) is 18.2 Å². The molecule has 5 nitrogen and oxygen atoms in total. The number of nitrogens with zero attached hydrogens (tertiary/aromatic N) is 2. The lowest BCUT2D eigenvalue weighted by molar-refractivity contribution is 0.0166. The highest BCUT2D eigenvalue weighted by Crippen LogP contribution is 2.28. The minimum Gasteiger partial charge on any atom is -0.481 e. The van der Waals surface area contributed by atoms with Crippen LogP contribution in [0.3, 0.4) is 0 Å². The molecule has 1 aliphatic carbocycles. The van der Waals surface area contributed by atoms with Crippen LogP contribution in [0.2, 0.25) is 0 Å². The average molecular weight is 237 g/mol. The van der Waals surface area contributed by atoms with E-state index in [-0.39, 0.29) is 0 Å². The molecule has 0 unspecified atom stereocenters. The van der Waals surface area contributed by atoms with E-state index < -0.39 is 5.60 Å². The molecular formula is C12H19N3O2. The number of anilines is 1. The summed E-state index contributed by atoms with van der Waals surface area (Å²) in [5, 5.41) is 13.5. The molecule has 1 aromatic rings. The largest absolute Gasteiger partial charge is 0.481 e. The van der Waals surface area contributed by atoms with Crippen molar-refractivity contribution in [2.24, 2.45) is 0 Å². The van der Waals surface area contributed by atoms with E-state index in [1.807, 2.05) is 0 Å². The molecule has 1 saturated carbocycles. The van der Waals surface area contributed by atoms with Crippen molar-refractivity contribution in [2.75, 3.05) is 19.0 Å². The molecule has 0 bridgehead atoms. The molecule has 1 aromatic heterocycles. The van der Waals surface area contributed by atoms with E-state index in [4.69, 9.17) is 4.74 Å². The fourth-order valence-electron chi connectivity index (χ4n) is 2.19. The molecule has 2 N–H and O–H groups in total. The van der Waals surface area contributed by atoms with Crippen LogP contribution in [0.25, 0.3) is 0 Å². The van der Waals surface area contributed by atoms with Crippen LogP contribution in [0.1, 0.15) is 32.1 Å². The molecule has 17 heavy (non-hydrogen) atoms. The molecular weight excluding hydrogens is 218 g/mol. The lowest BCUT2D eigenvalue weighted by Gasteiger charge is -2.32. The number of ether oxygens (including phenoxy) is 1. The zero-order valence-electron chi connectivity index (χ0n) is 10.1.